The number of rotatable bonds is 14. The third-order valence-electron chi connectivity index (χ3n) is 11.5. The predicted molar refractivity (Wildman–Crippen MR) is 241 cm³/mol. The summed E-state index contributed by atoms with van der Waals surface area (Å²) in [5.74, 6) is -1.05. The van der Waals surface area contributed by atoms with Crippen LogP contribution in [0.5, 0.6) is 11.5 Å². The molecule has 0 spiro atoms. The fraction of sp³-hybridized carbons (Fsp3) is 0.341. The molecule has 0 bridgehead atoms. The van der Waals surface area contributed by atoms with Crippen LogP contribution >= 0.6 is 11.6 Å². The molecule has 0 unspecified atom stereocenters. The summed E-state index contributed by atoms with van der Waals surface area (Å²) in [5, 5.41) is 12.9. The molecular formula is C44H47ClF3N7O8S2. The van der Waals surface area contributed by atoms with Gasteiger partial charge in [0, 0.05) is 81.2 Å². The van der Waals surface area contributed by atoms with Gasteiger partial charge in [0.2, 0.25) is 0 Å². The van der Waals surface area contributed by atoms with Crippen LogP contribution in [0.2, 0.25) is 5.02 Å². The van der Waals surface area contributed by atoms with Crippen LogP contribution in [0.15, 0.2) is 101 Å². The summed E-state index contributed by atoms with van der Waals surface area (Å²) in [5.41, 5.74) is -1.37. The molecule has 2 amide bonds. The molecule has 7 rings (SSSR count). The maximum Gasteiger partial charge on any atom is 0.501 e. The van der Waals surface area contributed by atoms with Gasteiger partial charge in [-0.25, -0.2) is 31.3 Å². The van der Waals surface area contributed by atoms with Crippen molar-refractivity contribution in [3.63, 3.8) is 0 Å². The average Bonchev–Trinajstić information content (AvgIpc) is 3.72. The minimum Gasteiger partial charge on any atom is -0.465 e. The number of carbonyl (C=O) groups excluding carboxylic acids is 1. The Labute approximate surface area is 379 Å². The van der Waals surface area contributed by atoms with Crippen molar-refractivity contribution >= 4 is 71.4 Å². The number of sulfone groups is 1. The number of nitrogens with zero attached hydrogens (tertiary/aromatic N) is 4. The van der Waals surface area contributed by atoms with E-state index in [1.807, 2.05) is 16.9 Å². The normalized spacial score (nSPS) is 16.1. The van der Waals surface area contributed by atoms with E-state index in [1.54, 1.807) is 30.5 Å². The van der Waals surface area contributed by atoms with Crippen molar-refractivity contribution in [1.29, 1.82) is 0 Å². The summed E-state index contributed by atoms with van der Waals surface area (Å²) < 4.78 is 102. The quantitative estimate of drug-likeness (QED) is 0.0835. The highest BCUT2D eigenvalue weighted by atomic mass is 35.5. The van der Waals surface area contributed by atoms with Gasteiger partial charge >= 0.3 is 11.6 Å². The highest BCUT2D eigenvalue weighted by Crippen LogP contribution is 2.44. The molecule has 21 heteroatoms. The smallest absolute Gasteiger partial charge is 0.465 e. The zero-order chi connectivity index (χ0) is 46.9. The molecule has 0 atom stereocenters. The number of nitrogens with one attached hydrogen (secondary N) is 3. The summed E-state index contributed by atoms with van der Waals surface area (Å²) >= 11 is 6.22. The van der Waals surface area contributed by atoms with Crippen molar-refractivity contribution in [2.24, 2.45) is 5.41 Å². The highest BCUT2D eigenvalue weighted by molar-refractivity contribution is 7.92. The summed E-state index contributed by atoms with van der Waals surface area (Å²) in [4.78, 5) is 35.3. The van der Waals surface area contributed by atoms with Gasteiger partial charge in [-0.05, 0) is 90.4 Å². The number of hydrogen-bond acceptors (Lipinski definition) is 11. The predicted octanol–water partition coefficient (Wildman–Crippen LogP) is 8.23. The monoisotopic (exact) mass is 957 g/mol. The van der Waals surface area contributed by atoms with E-state index in [9.17, 15) is 39.6 Å². The number of ether oxygens (including phenoxy) is 1. The molecule has 1 aliphatic heterocycles. The molecule has 4 N–H and O–H groups in total. The number of likely N-dealkylation sites (N-methyl/N-ethyl adjacent to an activating group) is 1. The Morgan fingerprint density at radius 2 is 1.71 bits per heavy atom. The van der Waals surface area contributed by atoms with Gasteiger partial charge in [-0.1, -0.05) is 43.2 Å². The van der Waals surface area contributed by atoms with E-state index in [0.29, 0.717) is 34.8 Å². The molecule has 2 aliphatic rings. The van der Waals surface area contributed by atoms with Crippen molar-refractivity contribution in [3.8, 4) is 11.5 Å². The van der Waals surface area contributed by atoms with E-state index in [0.717, 1.165) is 55.9 Å². The fourth-order valence-corrected chi connectivity index (χ4v) is 9.99. The first-order chi connectivity index (χ1) is 30.6. The van der Waals surface area contributed by atoms with Gasteiger partial charge < -0.3 is 29.9 Å². The number of halogens is 4. The van der Waals surface area contributed by atoms with E-state index in [-0.39, 0.29) is 41.6 Å². The van der Waals surface area contributed by atoms with Crippen molar-refractivity contribution in [3.05, 3.63) is 107 Å². The molecule has 0 radical (unpaired) electrons. The third-order valence-corrected chi connectivity index (χ3v) is 14.6. The first kappa shape index (κ1) is 47.1. The number of carboxylic acid groups (broad SMARTS) is 1. The molecule has 3 heterocycles. The van der Waals surface area contributed by atoms with Gasteiger partial charge in [-0.15, -0.1) is 0 Å². The fourth-order valence-electron chi connectivity index (χ4n) is 7.83. The Bertz CT molecular complexity index is 2860. The number of hydrogen-bond donors (Lipinski definition) is 4. The number of carbonyl (C=O) groups is 2. The lowest BCUT2D eigenvalue weighted by molar-refractivity contribution is -0.0435. The van der Waals surface area contributed by atoms with Gasteiger partial charge in [0.25, 0.3) is 25.8 Å². The summed E-state index contributed by atoms with van der Waals surface area (Å²) in [6.07, 6.45) is 4.78. The number of benzene rings is 3. The summed E-state index contributed by atoms with van der Waals surface area (Å²) in [6, 6.07) is 17.9. The minimum absolute atomic E-state index is 0.0527. The van der Waals surface area contributed by atoms with Crippen LogP contribution in [-0.4, -0.2) is 112 Å². The lowest BCUT2D eigenvalue weighted by atomic mass is 9.72. The number of fused-ring (bicyclic) bond motifs is 1. The summed E-state index contributed by atoms with van der Waals surface area (Å²) in [6.45, 7) is 7.51. The van der Waals surface area contributed by atoms with Crippen molar-refractivity contribution in [2.45, 2.75) is 48.4 Å². The first-order valence-electron chi connectivity index (χ1n) is 20.5. The van der Waals surface area contributed by atoms with Crippen LogP contribution < -0.4 is 19.7 Å². The maximum atomic E-state index is 13.9. The highest BCUT2D eigenvalue weighted by Gasteiger charge is 2.48. The van der Waals surface area contributed by atoms with Crippen LogP contribution in [0.1, 0.15) is 49.0 Å². The number of aromatic nitrogens is 2. The second-order valence-corrected chi connectivity index (χ2v) is 20.8. The molecule has 1 fully saturated rings. The number of amides is 2. The topological polar surface area (TPSA) is 194 Å². The largest absolute Gasteiger partial charge is 0.501 e. The number of aromatic amines is 1. The Kier molecular flexibility index (Phi) is 13.5. The van der Waals surface area contributed by atoms with Crippen LogP contribution in [-0.2, 0) is 19.9 Å². The Hall–Kier alpha value is -5.83. The zero-order valence-electron chi connectivity index (χ0n) is 35.6. The van der Waals surface area contributed by atoms with E-state index in [4.69, 9.17) is 21.4 Å². The molecule has 1 aliphatic carbocycles. The lowest BCUT2D eigenvalue weighted by Crippen LogP contribution is -2.47. The van der Waals surface area contributed by atoms with Gasteiger partial charge in [-0.2, -0.15) is 13.2 Å². The average molecular weight is 958 g/mol. The number of pyridine rings is 1. The molecule has 346 valence electrons. The maximum absolute atomic E-state index is 13.9. The van der Waals surface area contributed by atoms with Crippen molar-refractivity contribution < 1.29 is 49.4 Å². The number of alkyl halides is 3. The van der Waals surface area contributed by atoms with Crippen molar-refractivity contribution in [2.75, 3.05) is 63.1 Å². The number of piperazine rings is 1. The number of H-pyrrole nitrogens is 1. The minimum atomic E-state index is -6.15. The van der Waals surface area contributed by atoms with Gasteiger partial charge in [0.05, 0.1) is 22.3 Å². The molecule has 3 aromatic carbocycles. The Morgan fingerprint density at radius 1 is 0.985 bits per heavy atom. The SMILES string of the molecule is CN(CCNc1ccc(S(=O)(=O)NC(=O)c2ccc(N3CCN(CC4=C(c5ccc(Cl)cc5)CC(C)(C)CC4)CC3)cc2Oc2cnc3[nH]ccc3c2)cc1S(=O)(=O)C(F)(F)F)C(=O)O. The van der Waals surface area contributed by atoms with E-state index in [1.165, 1.54) is 36.0 Å². The molecule has 1 saturated heterocycles. The second-order valence-electron chi connectivity index (χ2n) is 16.7. The molecule has 65 heavy (non-hydrogen) atoms. The van der Waals surface area contributed by atoms with Gasteiger partial charge in [0.15, 0.2) is 0 Å². The van der Waals surface area contributed by atoms with E-state index in [2.05, 4.69) is 51.1 Å². The Balaban J connectivity index is 1.13. The number of anilines is 2. The molecule has 15 nitrogen and oxygen atoms in total. The Morgan fingerprint density at radius 3 is 2.40 bits per heavy atom. The molecule has 5 aromatic rings. The third kappa shape index (κ3) is 10.8. The lowest BCUT2D eigenvalue weighted by Gasteiger charge is -2.39. The van der Waals surface area contributed by atoms with Gasteiger partial charge in [0.1, 0.15) is 22.0 Å². The first-order valence-corrected chi connectivity index (χ1v) is 23.8. The van der Waals surface area contributed by atoms with Gasteiger partial charge in [-0.3, -0.25) is 9.69 Å². The van der Waals surface area contributed by atoms with Crippen molar-refractivity contribution in [1.82, 2.24) is 24.5 Å². The van der Waals surface area contributed by atoms with Crippen LogP contribution in [0.25, 0.3) is 16.6 Å². The summed E-state index contributed by atoms with van der Waals surface area (Å²) in [7, 11) is -9.99. The second kappa shape index (κ2) is 18.6. The number of allylic oxidation sites excluding steroid dienone is 1. The molecule has 2 aromatic heterocycles. The molecule has 0 saturated carbocycles. The van der Waals surface area contributed by atoms with Crippen LogP contribution in [0.4, 0.5) is 29.3 Å². The van der Waals surface area contributed by atoms with Crippen LogP contribution in [0, 0.1) is 5.41 Å². The standard InChI is InChI=1S/C44H47ClF3N7O8S2/c1-43(2)14-12-30(36(25-43)28-4-6-31(45)7-5-28)27-54-18-20-55(21-19-54)32-8-10-35(38(23-32)63-33-22-29-13-15-50-40(29)51-26-33)41(56)52-65(61,62)34-9-11-37(49-16-17-53(3)42(57)58)39(24-34)64(59,60)44(46,47)48/h4-11,13,15,22-24,26,49H,12,14,16-21,25,27H2,1-3H3,(H,50,51)(H,52,56)(H,57,58). The van der Waals surface area contributed by atoms with E-state index >= 15 is 0 Å². The van der Waals surface area contributed by atoms with E-state index < -0.39 is 52.8 Å². The van der Waals surface area contributed by atoms with Crippen LogP contribution in [0.3, 0.4) is 0 Å². The number of sulfonamides is 1. The molecular weight excluding hydrogens is 911 g/mol. The zero-order valence-corrected chi connectivity index (χ0v) is 38.0.